The number of amides is 1. The van der Waals surface area contributed by atoms with Crippen LogP contribution in [0, 0.1) is 5.92 Å². The summed E-state index contributed by atoms with van der Waals surface area (Å²) in [6.07, 6.45) is 6.63. The van der Waals surface area contributed by atoms with Gasteiger partial charge >= 0.3 is 0 Å². The lowest BCUT2D eigenvalue weighted by atomic mass is 9.72. The summed E-state index contributed by atoms with van der Waals surface area (Å²) in [5.41, 5.74) is 4.20. The first kappa shape index (κ1) is 24.1. The molecule has 2 fully saturated rings. The van der Waals surface area contributed by atoms with Crippen LogP contribution in [-0.2, 0) is 11.2 Å². The molecule has 4 N–H and O–H groups in total. The molecular formula is C24H36ClN3O3. The van der Waals surface area contributed by atoms with Gasteiger partial charge < -0.3 is 25.4 Å². The van der Waals surface area contributed by atoms with Crippen LogP contribution >= 0.6 is 12.4 Å². The van der Waals surface area contributed by atoms with E-state index in [1.807, 2.05) is 0 Å². The molecule has 6 nitrogen and oxygen atoms in total. The van der Waals surface area contributed by atoms with Gasteiger partial charge in [0.25, 0.3) is 0 Å². The molecule has 1 saturated heterocycles. The van der Waals surface area contributed by atoms with Gasteiger partial charge in [0.15, 0.2) is 0 Å². The third-order valence-electron chi connectivity index (χ3n) is 7.61. The number of aromatic nitrogens is 1. The highest BCUT2D eigenvalue weighted by Gasteiger charge is 2.42. The Bertz CT molecular complexity index is 944. The minimum absolute atomic E-state index is 0. The number of carbonyl (C=O) groups is 1. The number of aliphatic hydroxyl groups is 1. The maximum Gasteiger partial charge on any atom is 0.224 e. The Kier molecular flexibility index (Phi) is 7.06. The smallest absolute Gasteiger partial charge is 0.224 e. The maximum atomic E-state index is 13.0. The fourth-order valence-corrected chi connectivity index (χ4v) is 6.10. The number of benzene rings is 1. The summed E-state index contributed by atoms with van der Waals surface area (Å²) in [6.45, 7) is 5.28. The Morgan fingerprint density at radius 2 is 2.03 bits per heavy atom. The van der Waals surface area contributed by atoms with E-state index in [0.717, 1.165) is 38.6 Å². The van der Waals surface area contributed by atoms with Crippen LogP contribution in [0.15, 0.2) is 24.4 Å². The van der Waals surface area contributed by atoms with Crippen molar-refractivity contribution in [1.82, 2.24) is 14.8 Å². The van der Waals surface area contributed by atoms with Crippen LogP contribution in [-0.4, -0.2) is 57.7 Å². The van der Waals surface area contributed by atoms with E-state index >= 15 is 0 Å². The summed E-state index contributed by atoms with van der Waals surface area (Å²) >= 11 is 0. The van der Waals surface area contributed by atoms with Gasteiger partial charge in [0.1, 0.15) is 0 Å². The first-order chi connectivity index (χ1) is 13.9. The number of likely N-dealkylation sites (N-methyl/N-ethyl adjacent to an activating group) is 1. The number of fused-ring (bicyclic) bond motifs is 2. The Balaban J connectivity index is 0.00000136. The summed E-state index contributed by atoms with van der Waals surface area (Å²) in [7, 11) is 2.17. The van der Waals surface area contributed by atoms with Gasteiger partial charge in [0, 0.05) is 41.6 Å². The molecule has 2 heterocycles. The summed E-state index contributed by atoms with van der Waals surface area (Å²) in [6, 6.07) is 7.53. The lowest BCUT2D eigenvalue weighted by Crippen LogP contribution is -2.53. The number of likely N-dealkylation sites (tertiary alicyclic amines) is 1. The number of piperidine rings is 1. The number of nitrogens with zero attached hydrogens (tertiary/aromatic N) is 2. The molecule has 31 heavy (non-hydrogen) atoms. The van der Waals surface area contributed by atoms with E-state index in [1.165, 1.54) is 22.0 Å². The van der Waals surface area contributed by atoms with Crippen molar-refractivity contribution in [1.29, 1.82) is 0 Å². The molecule has 1 aliphatic heterocycles. The molecule has 172 valence electrons. The van der Waals surface area contributed by atoms with E-state index in [2.05, 4.69) is 60.1 Å². The van der Waals surface area contributed by atoms with E-state index in [-0.39, 0.29) is 41.9 Å². The van der Waals surface area contributed by atoms with Crippen LogP contribution in [0.3, 0.4) is 0 Å². The van der Waals surface area contributed by atoms with Crippen molar-refractivity contribution < 1.29 is 15.4 Å². The minimum Gasteiger partial charge on any atom is -0.412 e. The number of halogens is 1. The third-order valence-corrected chi connectivity index (χ3v) is 7.61. The monoisotopic (exact) mass is 449 g/mol. The molecule has 5 rings (SSSR count). The van der Waals surface area contributed by atoms with E-state index < -0.39 is 0 Å². The second-order valence-corrected chi connectivity index (χ2v) is 9.76. The van der Waals surface area contributed by atoms with Gasteiger partial charge in [-0.15, -0.1) is 12.4 Å². The Labute approximate surface area is 190 Å². The van der Waals surface area contributed by atoms with Crippen LogP contribution in [0.1, 0.15) is 62.6 Å². The summed E-state index contributed by atoms with van der Waals surface area (Å²) < 4.78 is 2.40. The number of nitrogens with one attached hydrogen (secondary N) is 1. The summed E-state index contributed by atoms with van der Waals surface area (Å²) in [5, 5.41) is 14.7. The van der Waals surface area contributed by atoms with Crippen LogP contribution in [0.25, 0.3) is 10.9 Å². The molecule has 2 aliphatic carbocycles. The number of rotatable bonds is 3. The fraction of sp³-hybridized carbons (Fsp3) is 0.625. The van der Waals surface area contributed by atoms with Crippen molar-refractivity contribution in [2.75, 3.05) is 13.6 Å². The second kappa shape index (κ2) is 9.10. The van der Waals surface area contributed by atoms with E-state index in [4.69, 9.17) is 0 Å². The minimum atomic E-state index is -0.380. The number of hydrogen-bond donors (Lipinski definition) is 2. The van der Waals surface area contributed by atoms with Gasteiger partial charge in [0.2, 0.25) is 5.91 Å². The van der Waals surface area contributed by atoms with Crippen LogP contribution in [0.5, 0.6) is 0 Å². The number of aliphatic hydroxyl groups excluding tert-OH is 1. The molecule has 5 atom stereocenters. The zero-order valence-electron chi connectivity index (χ0n) is 18.7. The third kappa shape index (κ3) is 3.99. The average molecular weight is 450 g/mol. The molecule has 0 radical (unpaired) electrons. The highest BCUT2D eigenvalue weighted by Crippen LogP contribution is 2.45. The highest BCUT2D eigenvalue weighted by molar-refractivity contribution is 5.89. The van der Waals surface area contributed by atoms with E-state index in [1.54, 1.807) is 0 Å². The van der Waals surface area contributed by atoms with Gasteiger partial charge in [-0.2, -0.15) is 0 Å². The fourth-order valence-electron chi connectivity index (χ4n) is 6.10. The second-order valence-electron chi connectivity index (χ2n) is 9.76. The largest absolute Gasteiger partial charge is 0.412 e. The first-order valence-corrected chi connectivity index (χ1v) is 11.2. The van der Waals surface area contributed by atoms with Gasteiger partial charge in [-0.25, -0.2) is 0 Å². The zero-order valence-corrected chi connectivity index (χ0v) is 19.5. The van der Waals surface area contributed by atoms with Crippen molar-refractivity contribution in [3.63, 3.8) is 0 Å². The van der Waals surface area contributed by atoms with Crippen molar-refractivity contribution >= 4 is 29.2 Å². The average Bonchev–Trinajstić information content (AvgIpc) is 3.27. The van der Waals surface area contributed by atoms with Crippen LogP contribution < -0.4 is 5.32 Å². The van der Waals surface area contributed by atoms with Gasteiger partial charge in [-0.3, -0.25) is 4.79 Å². The number of hydrogen-bond acceptors (Lipinski definition) is 3. The normalized spacial score (nSPS) is 29.9. The molecule has 0 bridgehead atoms. The van der Waals surface area contributed by atoms with Crippen molar-refractivity contribution in [2.24, 2.45) is 5.92 Å². The molecular weight excluding hydrogens is 414 g/mol. The summed E-state index contributed by atoms with van der Waals surface area (Å²) in [5.74, 6) is 0.495. The predicted octanol–water partition coefficient (Wildman–Crippen LogP) is 2.81. The van der Waals surface area contributed by atoms with Gasteiger partial charge in [-0.05, 0) is 70.2 Å². The van der Waals surface area contributed by atoms with Crippen LogP contribution in [0.2, 0.25) is 0 Å². The highest BCUT2D eigenvalue weighted by atomic mass is 35.5. The topological polar surface area (TPSA) is 89.0 Å². The lowest BCUT2D eigenvalue weighted by molar-refractivity contribution is -0.128. The molecule has 3 aliphatic rings. The Hall–Kier alpha value is -1.60. The molecule has 1 aromatic carbocycles. The molecule has 1 aromatic heterocycles. The standard InChI is InChI=1S/C24H33N3O2.ClH.H2O/c1-14(2)27-13-15-11-21-18(17-6-4-8-20(27)23(15)17)10-16(12-26(21)3)24(29)25-19-7-5-9-22(19)28;;/h4,6,8,13-14,16,18-19,21-22,28H,5,7,9-12H2,1-3H3,(H,25,29);1H;1H2/t16-,18-,19?,21-,22?;;/m1../s1. The summed E-state index contributed by atoms with van der Waals surface area (Å²) in [4.78, 5) is 15.4. The van der Waals surface area contributed by atoms with E-state index in [9.17, 15) is 9.90 Å². The SMILES string of the molecule is CC(C)n1cc2c3c(cccc31)[C@H]1C[C@@H](C(=O)NC3CCCC3O)CN(C)[C@@H]1C2.Cl.O. The van der Waals surface area contributed by atoms with Crippen molar-refractivity contribution in [3.8, 4) is 0 Å². The Morgan fingerprint density at radius 1 is 1.26 bits per heavy atom. The molecule has 1 amide bonds. The van der Waals surface area contributed by atoms with Crippen LogP contribution in [0.4, 0.5) is 0 Å². The van der Waals surface area contributed by atoms with Gasteiger partial charge in [0.05, 0.1) is 18.1 Å². The van der Waals surface area contributed by atoms with E-state index in [0.29, 0.717) is 18.0 Å². The maximum absolute atomic E-state index is 13.0. The Morgan fingerprint density at radius 3 is 2.71 bits per heavy atom. The molecule has 0 spiro atoms. The quantitative estimate of drug-likeness (QED) is 0.755. The van der Waals surface area contributed by atoms with Gasteiger partial charge in [-0.1, -0.05) is 12.1 Å². The van der Waals surface area contributed by atoms with Crippen molar-refractivity contribution in [2.45, 2.75) is 76.1 Å². The lowest BCUT2D eigenvalue weighted by Gasteiger charge is -2.45. The molecule has 2 aromatic rings. The first-order valence-electron chi connectivity index (χ1n) is 11.2. The van der Waals surface area contributed by atoms with Crippen molar-refractivity contribution in [3.05, 3.63) is 35.5 Å². The molecule has 2 unspecified atom stereocenters. The molecule has 7 heteroatoms. The molecule has 1 saturated carbocycles. The predicted molar refractivity (Wildman–Crippen MR) is 126 cm³/mol. The zero-order chi connectivity index (χ0) is 20.3. The number of carbonyl (C=O) groups excluding carboxylic acids is 1.